The maximum atomic E-state index is 11.8. The molecule has 1 amide bonds. The van der Waals surface area contributed by atoms with Gasteiger partial charge in [-0.1, -0.05) is 18.2 Å². The van der Waals surface area contributed by atoms with Crippen LogP contribution in [0.3, 0.4) is 0 Å². The summed E-state index contributed by atoms with van der Waals surface area (Å²) in [5.41, 5.74) is 1.10. The molecule has 1 saturated heterocycles. The van der Waals surface area contributed by atoms with E-state index in [9.17, 15) is 4.79 Å². The lowest BCUT2D eigenvalue weighted by Crippen LogP contribution is -2.49. The van der Waals surface area contributed by atoms with Gasteiger partial charge in [0.2, 0.25) is 5.91 Å². The number of ether oxygens (including phenoxy) is 1. The number of nitrogens with one attached hydrogen (secondary N) is 1. The maximum absolute atomic E-state index is 11.8. The summed E-state index contributed by atoms with van der Waals surface area (Å²) >= 11 is 0. The van der Waals surface area contributed by atoms with Crippen molar-refractivity contribution in [1.82, 2.24) is 19.8 Å². The lowest BCUT2D eigenvalue weighted by Gasteiger charge is -2.41. The third kappa shape index (κ3) is 3.37. The molecule has 1 atom stereocenters. The molecule has 0 radical (unpaired) electrons. The first kappa shape index (κ1) is 15.6. The van der Waals surface area contributed by atoms with Gasteiger partial charge in [-0.15, -0.1) is 0 Å². The molecule has 3 rings (SSSR count). The monoisotopic (exact) mass is 314 g/mol. The number of methoxy groups -OCH3 is 1. The van der Waals surface area contributed by atoms with Gasteiger partial charge in [0, 0.05) is 44.5 Å². The normalized spacial score (nSPS) is 18.9. The molecule has 2 heterocycles. The standard InChI is InChI=1S/C17H22N4O2/c1-13(22)20-9-10-21(12-17-18-7-8-19-17)15(11-20)14-5-3-4-6-16(14)23-2/h3-8,15H,9-12H2,1-2H3,(H,18,19). The first-order valence-corrected chi connectivity index (χ1v) is 7.79. The zero-order chi connectivity index (χ0) is 16.2. The van der Waals surface area contributed by atoms with Gasteiger partial charge in [0.1, 0.15) is 11.6 Å². The van der Waals surface area contributed by atoms with Crippen molar-refractivity contribution in [3.05, 3.63) is 48.0 Å². The number of hydrogen-bond donors (Lipinski definition) is 1. The molecule has 1 aliphatic rings. The molecule has 2 aromatic rings. The molecule has 1 aromatic heterocycles. The molecule has 6 heteroatoms. The van der Waals surface area contributed by atoms with Crippen LogP contribution in [0.25, 0.3) is 0 Å². The number of carbonyl (C=O) groups is 1. The Bertz CT molecular complexity index is 656. The van der Waals surface area contributed by atoms with Crippen LogP contribution in [0.1, 0.15) is 24.4 Å². The van der Waals surface area contributed by atoms with E-state index in [1.807, 2.05) is 29.3 Å². The highest BCUT2D eigenvalue weighted by atomic mass is 16.5. The van der Waals surface area contributed by atoms with Gasteiger partial charge in [0.25, 0.3) is 0 Å². The van der Waals surface area contributed by atoms with Crippen molar-refractivity contribution in [2.75, 3.05) is 26.7 Å². The molecule has 0 bridgehead atoms. The second kappa shape index (κ2) is 6.83. The average molecular weight is 314 g/mol. The van der Waals surface area contributed by atoms with Crippen LogP contribution in [-0.2, 0) is 11.3 Å². The molecular formula is C17H22N4O2. The van der Waals surface area contributed by atoms with Gasteiger partial charge >= 0.3 is 0 Å². The molecule has 0 aliphatic carbocycles. The van der Waals surface area contributed by atoms with E-state index in [0.717, 1.165) is 36.8 Å². The minimum absolute atomic E-state index is 0.0916. The first-order valence-electron chi connectivity index (χ1n) is 7.79. The second-order valence-corrected chi connectivity index (χ2v) is 5.73. The van der Waals surface area contributed by atoms with Gasteiger partial charge in [-0.25, -0.2) is 4.98 Å². The summed E-state index contributed by atoms with van der Waals surface area (Å²) in [5.74, 6) is 1.90. The first-order chi connectivity index (χ1) is 11.2. The molecule has 1 fully saturated rings. The number of aromatic amines is 1. The van der Waals surface area contributed by atoms with E-state index in [1.54, 1.807) is 20.2 Å². The minimum atomic E-state index is 0.0916. The molecule has 0 spiro atoms. The Morgan fingerprint density at radius 2 is 2.22 bits per heavy atom. The smallest absolute Gasteiger partial charge is 0.219 e. The largest absolute Gasteiger partial charge is 0.496 e. The fourth-order valence-electron chi connectivity index (χ4n) is 3.11. The Kier molecular flexibility index (Phi) is 4.62. The number of rotatable bonds is 4. The van der Waals surface area contributed by atoms with E-state index in [1.165, 1.54) is 0 Å². The summed E-state index contributed by atoms with van der Waals surface area (Å²) in [4.78, 5) is 23.5. The van der Waals surface area contributed by atoms with Crippen molar-refractivity contribution in [1.29, 1.82) is 0 Å². The Balaban J connectivity index is 1.89. The number of piperazine rings is 1. The number of hydrogen-bond acceptors (Lipinski definition) is 4. The fraction of sp³-hybridized carbons (Fsp3) is 0.412. The molecule has 6 nitrogen and oxygen atoms in total. The minimum Gasteiger partial charge on any atom is -0.496 e. The summed E-state index contributed by atoms with van der Waals surface area (Å²) in [6.07, 6.45) is 3.60. The van der Waals surface area contributed by atoms with Crippen molar-refractivity contribution >= 4 is 5.91 Å². The Morgan fingerprint density at radius 1 is 1.39 bits per heavy atom. The van der Waals surface area contributed by atoms with Crippen LogP contribution in [-0.4, -0.2) is 52.4 Å². The number of H-pyrrole nitrogens is 1. The SMILES string of the molecule is COc1ccccc1C1CN(C(C)=O)CCN1Cc1ncc[nH]1. The van der Waals surface area contributed by atoms with Crippen LogP contribution < -0.4 is 4.74 Å². The van der Waals surface area contributed by atoms with Crippen LogP contribution in [0.15, 0.2) is 36.7 Å². The average Bonchev–Trinajstić information content (AvgIpc) is 3.08. The third-order valence-electron chi connectivity index (χ3n) is 4.34. The van der Waals surface area contributed by atoms with Crippen molar-refractivity contribution in [2.24, 2.45) is 0 Å². The highest BCUT2D eigenvalue weighted by molar-refractivity contribution is 5.73. The third-order valence-corrected chi connectivity index (χ3v) is 4.34. The zero-order valence-corrected chi connectivity index (χ0v) is 13.5. The molecular weight excluding hydrogens is 292 g/mol. The summed E-state index contributed by atoms with van der Waals surface area (Å²) in [6.45, 7) is 4.56. The second-order valence-electron chi connectivity index (χ2n) is 5.73. The zero-order valence-electron chi connectivity index (χ0n) is 13.5. The van der Waals surface area contributed by atoms with E-state index in [2.05, 4.69) is 20.9 Å². The number of carbonyl (C=O) groups excluding carboxylic acids is 1. The van der Waals surface area contributed by atoms with E-state index >= 15 is 0 Å². The van der Waals surface area contributed by atoms with Gasteiger partial charge in [0.05, 0.1) is 19.7 Å². The van der Waals surface area contributed by atoms with Gasteiger partial charge < -0.3 is 14.6 Å². The van der Waals surface area contributed by atoms with Gasteiger partial charge in [-0.3, -0.25) is 9.69 Å². The van der Waals surface area contributed by atoms with Crippen LogP contribution in [0.5, 0.6) is 5.75 Å². The van der Waals surface area contributed by atoms with Crippen molar-refractivity contribution in [3.8, 4) is 5.75 Å². The van der Waals surface area contributed by atoms with Crippen molar-refractivity contribution in [2.45, 2.75) is 19.5 Å². The van der Waals surface area contributed by atoms with E-state index in [-0.39, 0.29) is 11.9 Å². The topological polar surface area (TPSA) is 61.5 Å². The van der Waals surface area contributed by atoms with Crippen molar-refractivity contribution in [3.63, 3.8) is 0 Å². The highest BCUT2D eigenvalue weighted by Crippen LogP contribution is 2.32. The number of imidazole rings is 1. The van der Waals surface area contributed by atoms with Crippen molar-refractivity contribution < 1.29 is 9.53 Å². The summed E-state index contributed by atoms with van der Waals surface area (Å²) < 4.78 is 5.52. The van der Waals surface area contributed by atoms with E-state index < -0.39 is 0 Å². The van der Waals surface area contributed by atoms with Gasteiger partial charge in [-0.05, 0) is 6.07 Å². The number of para-hydroxylation sites is 1. The molecule has 23 heavy (non-hydrogen) atoms. The predicted octanol–water partition coefficient (Wildman–Crippen LogP) is 1.82. The number of aromatic nitrogens is 2. The quantitative estimate of drug-likeness (QED) is 0.935. The van der Waals surface area contributed by atoms with Gasteiger partial charge in [0.15, 0.2) is 0 Å². The van der Waals surface area contributed by atoms with Crippen LogP contribution in [0, 0.1) is 0 Å². The number of nitrogens with zero attached hydrogens (tertiary/aromatic N) is 3. The van der Waals surface area contributed by atoms with E-state index in [0.29, 0.717) is 6.54 Å². The Labute approximate surface area is 136 Å². The lowest BCUT2D eigenvalue weighted by molar-refractivity contribution is -0.132. The van der Waals surface area contributed by atoms with Crippen LogP contribution >= 0.6 is 0 Å². The summed E-state index contributed by atoms with van der Waals surface area (Å²) in [7, 11) is 1.68. The molecule has 122 valence electrons. The molecule has 1 aliphatic heterocycles. The number of benzene rings is 1. The fourth-order valence-corrected chi connectivity index (χ4v) is 3.11. The molecule has 1 aromatic carbocycles. The predicted molar refractivity (Wildman–Crippen MR) is 87.0 cm³/mol. The van der Waals surface area contributed by atoms with Crippen LogP contribution in [0.2, 0.25) is 0 Å². The summed E-state index contributed by atoms with van der Waals surface area (Å²) in [5, 5.41) is 0. The van der Waals surface area contributed by atoms with Gasteiger partial charge in [-0.2, -0.15) is 0 Å². The Hall–Kier alpha value is -2.34. The lowest BCUT2D eigenvalue weighted by atomic mass is 10.0. The highest BCUT2D eigenvalue weighted by Gasteiger charge is 2.31. The Morgan fingerprint density at radius 3 is 2.91 bits per heavy atom. The van der Waals surface area contributed by atoms with E-state index in [4.69, 9.17) is 4.74 Å². The number of amides is 1. The summed E-state index contributed by atoms with van der Waals surface area (Å²) in [6, 6.07) is 8.10. The maximum Gasteiger partial charge on any atom is 0.219 e. The molecule has 0 saturated carbocycles. The van der Waals surface area contributed by atoms with Crippen LogP contribution in [0.4, 0.5) is 0 Å². The molecule has 1 unspecified atom stereocenters. The molecule has 1 N–H and O–H groups in total.